The predicted octanol–water partition coefficient (Wildman–Crippen LogP) is 5.54. The number of thioether (sulfide) groups is 1. The van der Waals surface area contributed by atoms with Crippen LogP contribution in [0.3, 0.4) is 0 Å². The summed E-state index contributed by atoms with van der Waals surface area (Å²) in [4.78, 5) is 37.7. The van der Waals surface area contributed by atoms with Crippen LogP contribution in [-0.4, -0.2) is 22.2 Å². The van der Waals surface area contributed by atoms with Crippen molar-refractivity contribution in [1.29, 1.82) is 0 Å². The van der Waals surface area contributed by atoms with E-state index in [2.05, 4.69) is 0 Å². The molecule has 1 saturated heterocycles. The SMILES string of the molecule is O=C(O)c1ccccc1-c1ccc(/C=C2/SC(=O)N(c3ccc(Cl)cc3)C2=O)o1. The number of anilines is 1. The highest BCUT2D eigenvalue weighted by Gasteiger charge is 2.36. The number of carboxylic acid groups (broad SMARTS) is 1. The van der Waals surface area contributed by atoms with Crippen LogP contribution >= 0.6 is 23.4 Å². The van der Waals surface area contributed by atoms with Crippen LogP contribution in [0, 0.1) is 0 Å². The number of aromatic carboxylic acids is 1. The minimum Gasteiger partial charge on any atom is -0.478 e. The van der Waals surface area contributed by atoms with Gasteiger partial charge in [-0.05, 0) is 54.2 Å². The fraction of sp³-hybridized carbons (Fsp3) is 0. The van der Waals surface area contributed by atoms with Crippen molar-refractivity contribution in [3.8, 4) is 11.3 Å². The molecule has 4 rings (SSSR count). The van der Waals surface area contributed by atoms with Crippen molar-refractivity contribution in [3.63, 3.8) is 0 Å². The molecule has 0 radical (unpaired) electrons. The molecule has 8 heteroatoms. The lowest BCUT2D eigenvalue weighted by atomic mass is 10.1. The van der Waals surface area contributed by atoms with Gasteiger partial charge in [0.05, 0.1) is 16.2 Å². The summed E-state index contributed by atoms with van der Waals surface area (Å²) in [5, 5.41) is 9.41. The van der Waals surface area contributed by atoms with Crippen LogP contribution in [0.5, 0.6) is 0 Å². The molecule has 2 heterocycles. The van der Waals surface area contributed by atoms with Crippen LogP contribution in [0.25, 0.3) is 17.4 Å². The van der Waals surface area contributed by atoms with E-state index in [4.69, 9.17) is 16.0 Å². The molecule has 3 aromatic rings. The van der Waals surface area contributed by atoms with Crippen molar-refractivity contribution in [2.75, 3.05) is 4.90 Å². The smallest absolute Gasteiger partial charge is 0.336 e. The molecule has 0 atom stereocenters. The number of benzene rings is 2. The highest BCUT2D eigenvalue weighted by Crippen LogP contribution is 2.37. The highest BCUT2D eigenvalue weighted by molar-refractivity contribution is 8.19. The second-order valence-electron chi connectivity index (χ2n) is 6.05. The van der Waals surface area contributed by atoms with E-state index >= 15 is 0 Å². The Labute approximate surface area is 174 Å². The lowest BCUT2D eigenvalue weighted by molar-refractivity contribution is -0.113. The van der Waals surface area contributed by atoms with E-state index in [0.717, 1.165) is 16.7 Å². The van der Waals surface area contributed by atoms with E-state index in [0.29, 0.717) is 27.8 Å². The Hall–Kier alpha value is -3.29. The zero-order valence-electron chi connectivity index (χ0n) is 14.7. The fourth-order valence-electron chi connectivity index (χ4n) is 2.87. The van der Waals surface area contributed by atoms with Crippen molar-refractivity contribution in [1.82, 2.24) is 0 Å². The maximum atomic E-state index is 12.7. The van der Waals surface area contributed by atoms with Crippen LogP contribution in [0.1, 0.15) is 16.1 Å². The van der Waals surface area contributed by atoms with Crippen molar-refractivity contribution < 1.29 is 23.9 Å². The molecule has 2 aromatic carbocycles. The summed E-state index contributed by atoms with van der Waals surface area (Å²) in [6.07, 6.45) is 1.47. The number of amides is 2. The van der Waals surface area contributed by atoms with E-state index < -0.39 is 17.1 Å². The van der Waals surface area contributed by atoms with Gasteiger partial charge in [-0.3, -0.25) is 9.59 Å². The van der Waals surface area contributed by atoms with Crippen LogP contribution in [-0.2, 0) is 4.79 Å². The number of carbonyl (C=O) groups excluding carboxylic acids is 2. The topological polar surface area (TPSA) is 87.8 Å². The molecule has 6 nitrogen and oxygen atoms in total. The molecular formula is C21H12ClNO5S. The van der Waals surface area contributed by atoms with Crippen molar-refractivity contribution in [3.05, 3.63) is 81.9 Å². The number of rotatable bonds is 4. The molecule has 0 spiro atoms. The summed E-state index contributed by atoms with van der Waals surface area (Å²) < 4.78 is 5.71. The second-order valence-corrected chi connectivity index (χ2v) is 7.48. The minimum absolute atomic E-state index is 0.108. The lowest BCUT2D eigenvalue weighted by Gasteiger charge is -2.11. The maximum absolute atomic E-state index is 12.7. The first kappa shape index (κ1) is 19.0. The third-order valence-electron chi connectivity index (χ3n) is 4.20. The summed E-state index contributed by atoms with van der Waals surface area (Å²) in [6, 6.07) is 16.1. The van der Waals surface area contributed by atoms with E-state index in [1.807, 2.05) is 0 Å². The Balaban J connectivity index is 1.63. The zero-order valence-corrected chi connectivity index (χ0v) is 16.2. The summed E-state index contributed by atoms with van der Waals surface area (Å²) in [5.74, 6) is -0.846. The van der Waals surface area contributed by atoms with Crippen LogP contribution in [0.15, 0.2) is 70.0 Å². The summed E-state index contributed by atoms with van der Waals surface area (Å²) >= 11 is 6.66. The molecule has 1 aliphatic heterocycles. The van der Waals surface area contributed by atoms with Gasteiger partial charge in [-0.1, -0.05) is 29.8 Å². The van der Waals surface area contributed by atoms with Crippen LogP contribution < -0.4 is 4.90 Å². The number of carboxylic acids is 1. The van der Waals surface area contributed by atoms with E-state index in [-0.39, 0.29) is 10.5 Å². The fourth-order valence-corrected chi connectivity index (χ4v) is 3.82. The maximum Gasteiger partial charge on any atom is 0.336 e. The van der Waals surface area contributed by atoms with Gasteiger partial charge in [0.1, 0.15) is 11.5 Å². The monoisotopic (exact) mass is 425 g/mol. The Kier molecular flexibility index (Phi) is 5.00. The molecule has 1 aromatic heterocycles. The molecule has 0 bridgehead atoms. The molecule has 29 heavy (non-hydrogen) atoms. The molecule has 0 aliphatic carbocycles. The predicted molar refractivity (Wildman–Crippen MR) is 111 cm³/mol. The Morgan fingerprint density at radius 3 is 2.48 bits per heavy atom. The zero-order chi connectivity index (χ0) is 20.5. The minimum atomic E-state index is -1.07. The molecule has 1 aliphatic rings. The largest absolute Gasteiger partial charge is 0.478 e. The van der Waals surface area contributed by atoms with Gasteiger partial charge in [0, 0.05) is 16.7 Å². The van der Waals surface area contributed by atoms with E-state index in [1.165, 1.54) is 12.1 Å². The van der Waals surface area contributed by atoms with E-state index in [9.17, 15) is 19.5 Å². The Morgan fingerprint density at radius 1 is 1.03 bits per heavy atom. The number of imide groups is 1. The van der Waals surface area contributed by atoms with Gasteiger partial charge < -0.3 is 9.52 Å². The van der Waals surface area contributed by atoms with Crippen LogP contribution in [0.2, 0.25) is 5.02 Å². The van der Waals surface area contributed by atoms with Gasteiger partial charge >= 0.3 is 5.97 Å². The third-order valence-corrected chi connectivity index (χ3v) is 5.32. The Bertz CT molecular complexity index is 1170. The molecule has 144 valence electrons. The third kappa shape index (κ3) is 3.70. The summed E-state index contributed by atoms with van der Waals surface area (Å²) in [6.45, 7) is 0. The number of furan rings is 1. The number of halogens is 1. The average Bonchev–Trinajstić information content (AvgIpc) is 3.27. The molecule has 0 saturated carbocycles. The molecule has 1 fully saturated rings. The quantitative estimate of drug-likeness (QED) is 0.552. The van der Waals surface area contributed by atoms with Crippen molar-refractivity contribution >= 4 is 52.2 Å². The normalized spacial score (nSPS) is 15.3. The van der Waals surface area contributed by atoms with Gasteiger partial charge in [0.2, 0.25) is 0 Å². The molecular weight excluding hydrogens is 414 g/mol. The number of nitrogens with zero attached hydrogens (tertiary/aromatic N) is 1. The lowest BCUT2D eigenvalue weighted by Crippen LogP contribution is -2.27. The van der Waals surface area contributed by atoms with E-state index in [1.54, 1.807) is 54.6 Å². The summed E-state index contributed by atoms with van der Waals surface area (Å²) in [5.41, 5.74) is 0.959. The van der Waals surface area contributed by atoms with Crippen molar-refractivity contribution in [2.45, 2.75) is 0 Å². The van der Waals surface area contributed by atoms with Crippen molar-refractivity contribution in [2.24, 2.45) is 0 Å². The Morgan fingerprint density at radius 2 is 1.76 bits per heavy atom. The average molecular weight is 426 g/mol. The van der Waals surface area contributed by atoms with Crippen LogP contribution in [0.4, 0.5) is 10.5 Å². The molecule has 1 N–H and O–H groups in total. The van der Waals surface area contributed by atoms with Gasteiger partial charge in [-0.15, -0.1) is 0 Å². The second kappa shape index (κ2) is 7.62. The standard InChI is InChI=1S/C21H12ClNO5S/c22-12-5-7-13(8-6-12)23-19(24)18(29-21(23)27)11-14-9-10-17(28-14)15-3-1-2-4-16(15)20(25)26/h1-11H,(H,25,26)/b18-11+. The van der Waals surface area contributed by atoms with Gasteiger partial charge in [0.15, 0.2) is 0 Å². The van der Waals surface area contributed by atoms with Gasteiger partial charge in [-0.25, -0.2) is 9.69 Å². The highest BCUT2D eigenvalue weighted by atomic mass is 35.5. The number of carbonyl (C=O) groups is 3. The van der Waals surface area contributed by atoms with Gasteiger partial charge in [-0.2, -0.15) is 0 Å². The first-order chi connectivity index (χ1) is 13.9. The summed E-state index contributed by atoms with van der Waals surface area (Å²) in [7, 11) is 0. The van der Waals surface area contributed by atoms with Gasteiger partial charge in [0.25, 0.3) is 11.1 Å². The first-order valence-electron chi connectivity index (χ1n) is 8.40. The molecule has 2 amide bonds. The number of hydrogen-bond acceptors (Lipinski definition) is 5. The number of hydrogen-bond donors (Lipinski definition) is 1. The first-order valence-corrected chi connectivity index (χ1v) is 9.59. The molecule has 0 unspecified atom stereocenters.